The number of nitrogens with two attached hydrogens (primary N) is 1. The number of rotatable bonds is 6. The third-order valence-electron chi connectivity index (χ3n) is 4.96. The Morgan fingerprint density at radius 1 is 1.24 bits per heavy atom. The van der Waals surface area contributed by atoms with E-state index in [1.807, 2.05) is 4.90 Å². The van der Waals surface area contributed by atoms with Crippen molar-refractivity contribution in [1.29, 1.82) is 0 Å². The summed E-state index contributed by atoms with van der Waals surface area (Å²) in [7, 11) is 0. The molecule has 1 unspecified atom stereocenters. The number of hydrogen-bond donors (Lipinski definition) is 3. The van der Waals surface area contributed by atoms with Crippen LogP contribution in [0.1, 0.15) is 26.2 Å². The number of piperidine rings is 1. The van der Waals surface area contributed by atoms with E-state index < -0.39 is 0 Å². The van der Waals surface area contributed by atoms with Gasteiger partial charge in [-0.05, 0) is 37.5 Å². The van der Waals surface area contributed by atoms with Gasteiger partial charge in [0.2, 0.25) is 5.91 Å². The minimum atomic E-state index is 0.00717. The van der Waals surface area contributed by atoms with E-state index >= 15 is 0 Å². The summed E-state index contributed by atoms with van der Waals surface area (Å²) in [4.78, 5) is 22.9. The highest BCUT2D eigenvalue weighted by Crippen LogP contribution is 2.29. The summed E-state index contributed by atoms with van der Waals surface area (Å²) in [6.45, 7) is 2.92. The van der Waals surface area contributed by atoms with E-state index in [9.17, 15) is 4.79 Å². The summed E-state index contributed by atoms with van der Waals surface area (Å²) >= 11 is 18.3. The number of anilines is 3. The number of benzene rings is 1. The Kier molecular flexibility index (Phi) is 7.27. The van der Waals surface area contributed by atoms with Crippen LogP contribution in [0.4, 0.5) is 17.3 Å². The minimum absolute atomic E-state index is 0.00717. The average Bonchev–Trinajstić information content (AvgIpc) is 2.68. The van der Waals surface area contributed by atoms with Crippen LogP contribution in [-0.2, 0) is 4.79 Å². The first-order chi connectivity index (χ1) is 13.9. The van der Waals surface area contributed by atoms with E-state index in [0.717, 1.165) is 19.3 Å². The van der Waals surface area contributed by atoms with Gasteiger partial charge in [0.25, 0.3) is 0 Å². The molecule has 2 heterocycles. The van der Waals surface area contributed by atoms with Crippen LogP contribution in [-0.4, -0.2) is 45.9 Å². The predicted molar refractivity (Wildman–Crippen MR) is 119 cm³/mol. The van der Waals surface area contributed by atoms with Crippen LogP contribution in [0.15, 0.2) is 24.5 Å². The quantitative estimate of drug-likeness (QED) is 0.598. The molecule has 29 heavy (non-hydrogen) atoms. The number of likely N-dealkylation sites (tertiary alicyclic amines) is 1. The molecule has 4 N–H and O–H groups in total. The lowest BCUT2D eigenvalue weighted by Gasteiger charge is -2.41. The Hall–Kier alpha value is -1.96. The van der Waals surface area contributed by atoms with Gasteiger partial charge in [0, 0.05) is 28.3 Å². The second-order valence-electron chi connectivity index (χ2n) is 6.89. The van der Waals surface area contributed by atoms with Crippen molar-refractivity contribution < 1.29 is 4.79 Å². The number of amides is 1. The molecule has 2 aromatic rings. The number of nitrogens with one attached hydrogen (secondary N) is 2. The third-order valence-corrected chi connectivity index (χ3v) is 5.77. The molecule has 0 radical (unpaired) electrons. The Labute approximate surface area is 184 Å². The van der Waals surface area contributed by atoms with E-state index in [-0.39, 0.29) is 30.4 Å². The van der Waals surface area contributed by atoms with Gasteiger partial charge in [-0.3, -0.25) is 4.79 Å². The molecular weight excluding hydrogens is 435 g/mol. The van der Waals surface area contributed by atoms with Crippen LogP contribution in [0.25, 0.3) is 0 Å². The highest BCUT2D eigenvalue weighted by molar-refractivity contribution is 6.35. The van der Waals surface area contributed by atoms with Crippen LogP contribution in [0.5, 0.6) is 0 Å². The number of carbonyl (C=O) groups is 1. The fourth-order valence-electron chi connectivity index (χ4n) is 3.63. The third kappa shape index (κ3) is 5.35. The van der Waals surface area contributed by atoms with Crippen LogP contribution in [0, 0.1) is 0 Å². The Bertz CT molecular complexity index is 861. The van der Waals surface area contributed by atoms with Crippen molar-refractivity contribution in [2.24, 2.45) is 0 Å². The largest absolute Gasteiger partial charge is 0.382 e. The van der Waals surface area contributed by atoms with Crippen LogP contribution < -0.4 is 16.4 Å². The van der Waals surface area contributed by atoms with E-state index in [0.29, 0.717) is 33.1 Å². The second kappa shape index (κ2) is 9.69. The molecule has 1 aromatic carbocycles. The minimum Gasteiger partial charge on any atom is -0.382 e. The molecule has 1 aliphatic rings. The maximum absolute atomic E-state index is 12.9. The lowest BCUT2D eigenvalue weighted by Crippen LogP contribution is -2.54. The topological polar surface area (TPSA) is 96.2 Å². The summed E-state index contributed by atoms with van der Waals surface area (Å²) in [5, 5.41) is 7.79. The fraction of sp³-hybridized carbons (Fsp3) is 0.421. The number of carbonyl (C=O) groups excluding carboxylic acids is 1. The van der Waals surface area contributed by atoms with Crippen LogP contribution in [0.2, 0.25) is 15.1 Å². The van der Waals surface area contributed by atoms with Crippen molar-refractivity contribution in [3.63, 3.8) is 0 Å². The van der Waals surface area contributed by atoms with Crippen molar-refractivity contribution >= 4 is 58.0 Å². The summed E-state index contributed by atoms with van der Waals surface area (Å²) in [6.07, 6.45) is 3.95. The zero-order valence-electron chi connectivity index (χ0n) is 16.0. The van der Waals surface area contributed by atoms with E-state index in [4.69, 9.17) is 40.5 Å². The summed E-state index contributed by atoms with van der Waals surface area (Å²) in [6, 6.07) is 5.15. The van der Waals surface area contributed by atoms with Gasteiger partial charge >= 0.3 is 0 Å². The van der Waals surface area contributed by atoms with Crippen LogP contribution >= 0.6 is 34.8 Å². The van der Waals surface area contributed by atoms with Gasteiger partial charge in [0.15, 0.2) is 5.82 Å². The SMILES string of the molecule is CCC1[C@H](Nc2ncnc(N)c2Cl)CCCN1C(=O)CNc1cc(Cl)cc(Cl)c1. The second-order valence-corrected chi connectivity index (χ2v) is 8.14. The summed E-state index contributed by atoms with van der Waals surface area (Å²) in [5.41, 5.74) is 6.48. The van der Waals surface area contributed by atoms with Crippen LogP contribution in [0.3, 0.4) is 0 Å². The molecule has 3 rings (SSSR count). The molecule has 10 heteroatoms. The van der Waals surface area contributed by atoms with Gasteiger partial charge < -0.3 is 21.3 Å². The number of nitrogen functional groups attached to an aromatic ring is 1. The molecule has 0 aliphatic carbocycles. The van der Waals surface area contributed by atoms with E-state index in [2.05, 4.69) is 27.5 Å². The maximum atomic E-state index is 12.9. The highest BCUT2D eigenvalue weighted by atomic mass is 35.5. The fourth-order valence-corrected chi connectivity index (χ4v) is 4.31. The zero-order valence-corrected chi connectivity index (χ0v) is 18.2. The molecule has 2 atom stereocenters. The number of aromatic nitrogens is 2. The molecule has 1 aliphatic heterocycles. The first kappa shape index (κ1) is 21.7. The Morgan fingerprint density at radius 3 is 2.66 bits per heavy atom. The smallest absolute Gasteiger partial charge is 0.242 e. The molecule has 7 nitrogen and oxygen atoms in total. The lowest BCUT2D eigenvalue weighted by molar-refractivity contribution is -0.133. The molecule has 1 aromatic heterocycles. The molecule has 0 saturated carbocycles. The number of halogens is 3. The lowest BCUT2D eigenvalue weighted by atomic mass is 9.94. The molecule has 0 spiro atoms. The first-order valence-corrected chi connectivity index (χ1v) is 10.5. The van der Waals surface area contributed by atoms with Crippen molar-refractivity contribution in [1.82, 2.24) is 14.9 Å². The van der Waals surface area contributed by atoms with Gasteiger partial charge in [-0.15, -0.1) is 0 Å². The summed E-state index contributed by atoms with van der Waals surface area (Å²) < 4.78 is 0. The Balaban J connectivity index is 1.68. The molecule has 1 amide bonds. The molecular formula is C19H23Cl3N6O. The molecule has 1 saturated heterocycles. The van der Waals surface area contributed by atoms with E-state index in [1.54, 1.807) is 18.2 Å². The number of nitrogens with zero attached hydrogens (tertiary/aromatic N) is 3. The molecule has 156 valence electrons. The van der Waals surface area contributed by atoms with Gasteiger partial charge in [-0.25, -0.2) is 9.97 Å². The molecule has 1 fully saturated rings. The van der Waals surface area contributed by atoms with Crippen molar-refractivity contribution in [2.75, 3.05) is 29.5 Å². The highest BCUT2D eigenvalue weighted by Gasteiger charge is 2.33. The van der Waals surface area contributed by atoms with Crippen molar-refractivity contribution in [3.8, 4) is 0 Å². The zero-order chi connectivity index (χ0) is 21.0. The van der Waals surface area contributed by atoms with Gasteiger partial charge in [0.1, 0.15) is 17.2 Å². The maximum Gasteiger partial charge on any atom is 0.242 e. The predicted octanol–water partition coefficient (Wildman–Crippen LogP) is 4.31. The molecule has 0 bridgehead atoms. The summed E-state index contributed by atoms with van der Waals surface area (Å²) in [5.74, 6) is 0.724. The van der Waals surface area contributed by atoms with Gasteiger partial charge in [0.05, 0.1) is 12.6 Å². The average molecular weight is 458 g/mol. The Morgan fingerprint density at radius 2 is 1.97 bits per heavy atom. The van der Waals surface area contributed by atoms with Crippen molar-refractivity contribution in [2.45, 2.75) is 38.3 Å². The normalized spacial score (nSPS) is 19.1. The van der Waals surface area contributed by atoms with Crippen molar-refractivity contribution in [3.05, 3.63) is 39.6 Å². The van der Waals surface area contributed by atoms with Gasteiger partial charge in [-0.2, -0.15) is 0 Å². The first-order valence-electron chi connectivity index (χ1n) is 9.41. The van der Waals surface area contributed by atoms with E-state index in [1.165, 1.54) is 6.33 Å². The monoisotopic (exact) mass is 456 g/mol. The van der Waals surface area contributed by atoms with Gasteiger partial charge in [-0.1, -0.05) is 41.7 Å². The standard InChI is InChI=1S/C19H23Cl3N6O/c1-2-15-14(27-19-17(22)18(23)25-10-26-19)4-3-5-28(15)16(29)9-24-13-7-11(20)6-12(21)8-13/h6-8,10,14-15,24H,2-5,9H2,1H3,(H3,23,25,26,27)/t14-,15?/m1/s1. The number of hydrogen-bond acceptors (Lipinski definition) is 6.